The Kier molecular flexibility index (Phi) is 9.44. The van der Waals surface area contributed by atoms with Crippen LogP contribution < -0.4 is 5.32 Å². The van der Waals surface area contributed by atoms with E-state index in [9.17, 15) is 9.59 Å². The first-order chi connectivity index (χ1) is 14.3. The fraction of sp³-hybridized carbons (Fsp3) is 0.440. The lowest BCUT2D eigenvalue weighted by Gasteiger charge is -2.31. The normalized spacial score (nSPS) is 12.3. The highest BCUT2D eigenvalue weighted by Crippen LogP contribution is 2.15. The molecule has 0 aliphatic heterocycles. The quantitative estimate of drug-likeness (QED) is 0.561. The summed E-state index contributed by atoms with van der Waals surface area (Å²) in [5, 5.41) is 3.00. The highest BCUT2D eigenvalue weighted by molar-refractivity contribution is 7.98. The average Bonchev–Trinajstić information content (AvgIpc) is 2.71. The number of amides is 2. The highest BCUT2D eigenvalue weighted by atomic mass is 32.2. The minimum atomic E-state index is -0.500. The van der Waals surface area contributed by atoms with Crippen molar-refractivity contribution >= 4 is 23.6 Å². The fourth-order valence-electron chi connectivity index (χ4n) is 3.11. The molecule has 1 atom stereocenters. The monoisotopic (exact) mass is 426 g/mol. The summed E-state index contributed by atoms with van der Waals surface area (Å²) in [6.07, 6.45) is 1.16. The summed E-state index contributed by atoms with van der Waals surface area (Å²) in [5.41, 5.74) is 2.09. The first-order valence-corrected chi connectivity index (χ1v) is 11.7. The molecule has 0 saturated heterocycles. The zero-order valence-corrected chi connectivity index (χ0v) is 19.4. The Morgan fingerprint density at radius 1 is 0.967 bits per heavy atom. The molecule has 1 N–H and O–H groups in total. The van der Waals surface area contributed by atoms with Gasteiger partial charge in [-0.3, -0.25) is 9.59 Å². The lowest BCUT2D eigenvalue weighted by Crippen LogP contribution is -2.53. The summed E-state index contributed by atoms with van der Waals surface area (Å²) in [6, 6.07) is 19.8. The number of hydrogen-bond donors (Lipinski definition) is 1. The van der Waals surface area contributed by atoms with E-state index in [4.69, 9.17) is 0 Å². The van der Waals surface area contributed by atoms with Crippen molar-refractivity contribution in [1.29, 1.82) is 0 Å². The fourth-order valence-corrected chi connectivity index (χ4v) is 4.00. The molecule has 162 valence electrons. The van der Waals surface area contributed by atoms with Gasteiger partial charge < -0.3 is 10.2 Å². The van der Waals surface area contributed by atoms with Gasteiger partial charge in [-0.05, 0) is 45.2 Å². The molecule has 4 nitrogen and oxygen atoms in total. The Labute approximate surface area is 185 Å². The molecule has 2 amide bonds. The molecule has 5 heteroatoms. The van der Waals surface area contributed by atoms with Gasteiger partial charge in [0.2, 0.25) is 11.8 Å². The van der Waals surface area contributed by atoms with E-state index in [1.165, 1.54) is 5.56 Å². The van der Waals surface area contributed by atoms with Gasteiger partial charge in [0.1, 0.15) is 6.04 Å². The van der Waals surface area contributed by atoms with Crippen LogP contribution in [0.25, 0.3) is 0 Å². The van der Waals surface area contributed by atoms with Gasteiger partial charge in [0, 0.05) is 30.0 Å². The second-order valence-corrected chi connectivity index (χ2v) is 9.63. The number of rotatable bonds is 10. The van der Waals surface area contributed by atoms with Crippen molar-refractivity contribution in [2.45, 2.75) is 57.9 Å². The zero-order chi connectivity index (χ0) is 22.0. The molecule has 2 rings (SSSR count). The maximum atomic E-state index is 13.0. The Hall–Kier alpha value is -2.27. The number of carbonyl (C=O) groups is 2. The van der Waals surface area contributed by atoms with Crippen LogP contribution in [0.3, 0.4) is 0 Å². The average molecular weight is 427 g/mol. The summed E-state index contributed by atoms with van der Waals surface area (Å²) in [4.78, 5) is 27.5. The second-order valence-electron chi connectivity index (χ2n) is 8.53. The maximum absolute atomic E-state index is 13.0. The molecule has 0 heterocycles. The SMILES string of the molecule is C[C@@H](C(=O)NC(C)(C)C)N(CCc1ccccc1)C(=O)CCSCc1ccccc1. The number of thioether (sulfide) groups is 1. The van der Waals surface area contributed by atoms with Crippen LogP contribution in [0.15, 0.2) is 60.7 Å². The van der Waals surface area contributed by atoms with Crippen LogP contribution >= 0.6 is 11.8 Å². The summed E-state index contributed by atoms with van der Waals surface area (Å²) < 4.78 is 0. The zero-order valence-electron chi connectivity index (χ0n) is 18.6. The maximum Gasteiger partial charge on any atom is 0.242 e. The molecule has 0 fully saturated rings. The van der Waals surface area contributed by atoms with E-state index in [0.29, 0.717) is 13.0 Å². The smallest absolute Gasteiger partial charge is 0.242 e. The first kappa shape index (κ1) is 24.0. The van der Waals surface area contributed by atoms with E-state index < -0.39 is 6.04 Å². The van der Waals surface area contributed by atoms with Gasteiger partial charge >= 0.3 is 0 Å². The Bertz CT molecular complexity index is 788. The van der Waals surface area contributed by atoms with Crippen LogP contribution in [0.4, 0.5) is 0 Å². The molecule has 0 bridgehead atoms. The lowest BCUT2D eigenvalue weighted by molar-refractivity contribution is -0.140. The van der Waals surface area contributed by atoms with Gasteiger partial charge in [-0.2, -0.15) is 11.8 Å². The third-order valence-corrected chi connectivity index (χ3v) is 5.75. The first-order valence-electron chi connectivity index (χ1n) is 10.5. The van der Waals surface area contributed by atoms with Gasteiger partial charge in [0.25, 0.3) is 0 Å². The largest absolute Gasteiger partial charge is 0.350 e. The topological polar surface area (TPSA) is 49.4 Å². The van der Waals surface area contributed by atoms with Gasteiger partial charge in [-0.25, -0.2) is 0 Å². The van der Waals surface area contributed by atoms with Gasteiger partial charge in [0.15, 0.2) is 0 Å². The lowest BCUT2D eigenvalue weighted by atomic mass is 10.1. The summed E-state index contributed by atoms with van der Waals surface area (Å²) in [5.74, 6) is 1.55. The molecule has 0 saturated carbocycles. The summed E-state index contributed by atoms with van der Waals surface area (Å²) in [7, 11) is 0. The summed E-state index contributed by atoms with van der Waals surface area (Å²) >= 11 is 1.75. The van der Waals surface area contributed by atoms with Crippen molar-refractivity contribution < 1.29 is 9.59 Å². The number of nitrogens with one attached hydrogen (secondary N) is 1. The standard InChI is InChI=1S/C25H34N2O2S/c1-20(24(29)26-25(2,3)4)27(17-15-21-11-7-5-8-12-21)23(28)16-18-30-19-22-13-9-6-10-14-22/h5-14,20H,15-19H2,1-4H3,(H,26,29)/t20-/m0/s1. The Balaban J connectivity index is 1.95. The molecule has 0 radical (unpaired) electrons. The van der Waals surface area contributed by atoms with Gasteiger partial charge in [0.05, 0.1) is 0 Å². The van der Waals surface area contributed by atoms with Crippen LogP contribution in [0, 0.1) is 0 Å². The van der Waals surface area contributed by atoms with E-state index >= 15 is 0 Å². The molecule has 0 aliphatic rings. The molecular weight excluding hydrogens is 392 g/mol. The van der Waals surface area contributed by atoms with Crippen LogP contribution in [-0.2, 0) is 21.8 Å². The van der Waals surface area contributed by atoms with Gasteiger partial charge in [-0.15, -0.1) is 0 Å². The molecule has 2 aromatic carbocycles. The number of hydrogen-bond acceptors (Lipinski definition) is 3. The predicted molar refractivity (Wildman–Crippen MR) is 126 cm³/mol. The molecule has 0 spiro atoms. The third kappa shape index (κ3) is 8.62. The predicted octanol–water partition coefficient (Wildman–Crippen LogP) is 4.68. The van der Waals surface area contributed by atoms with E-state index in [1.807, 2.05) is 64.1 Å². The molecular formula is C25H34N2O2S. The van der Waals surface area contributed by atoms with E-state index in [-0.39, 0.29) is 17.4 Å². The minimum Gasteiger partial charge on any atom is -0.350 e. The third-order valence-electron chi connectivity index (χ3n) is 4.72. The van der Waals surface area contributed by atoms with Crippen LogP contribution in [0.5, 0.6) is 0 Å². The van der Waals surface area contributed by atoms with E-state index in [2.05, 4.69) is 29.6 Å². The molecule has 30 heavy (non-hydrogen) atoms. The molecule has 0 unspecified atom stereocenters. The molecule has 0 aromatic heterocycles. The number of carbonyl (C=O) groups excluding carboxylic acids is 2. The van der Waals surface area contributed by atoms with Crippen LogP contribution in [0.2, 0.25) is 0 Å². The van der Waals surface area contributed by atoms with Crippen molar-refractivity contribution in [3.05, 3.63) is 71.8 Å². The van der Waals surface area contributed by atoms with E-state index in [1.54, 1.807) is 16.7 Å². The minimum absolute atomic E-state index is 0.0306. The van der Waals surface area contributed by atoms with Gasteiger partial charge in [-0.1, -0.05) is 60.7 Å². The van der Waals surface area contributed by atoms with E-state index in [0.717, 1.165) is 23.5 Å². The summed E-state index contributed by atoms with van der Waals surface area (Å²) in [6.45, 7) is 8.21. The Morgan fingerprint density at radius 3 is 2.10 bits per heavy atom. The van der Waals surface area contributed by atoms with Crippen molar-refractivity contribution in [3.63, 3.8) is 0 Å². The van der Waals surface area contributed by atoms with Crippen molar-refractivity contribution in [2.24, 2.45) is 0 Å². The van der Waals surface area contributed by atoms with Crippen LogP contribution in [0.1, 0.15) is 45.2 Å². The highest BCUT2D eigenvalue weighted by Gasteiger charge is 2.27. The Morgan fingerprint density at radius 2 is 1.53 bits per heavy atom. The molecule has 0 aliphatic carbocycles. The van der Waals surface area contributed by atoms with Crippen LogP contribution in [-0.4, -0.2) is 40.6 Å². The van der Waals surface area contributed by atoms with Crippen molar-refractivity contribution in [1.82, 2.24) is 10.2 Å². The molecule has 2 aromatic rings. The number of benzene rings is 2. The second kappa shape index (κ2) is 11.8. The van der Waals surface area contributed by atoms with Crippen molar-refractivity contribution in [2.75, 3.05) is 12.3 Å². The number of nitrogens with zero attached hydrogens (tertiary/aromatic N) is 1. The van der Waals surface area contributed by atoms with Crippen molar-refractivity contribution in [3.8, 4) is 0 Å².